The van der Waals surface area contributed by atoms with Gasteiger partial charge in [0.25, 0.3) is 17.9 Å². The van der Waals surface area contributed by atoms with Crippen molar-refractivity contribution in [3.63, 3.8) is 0 Å². The highest BCUT2D eigenvalue weighted by atomic mass is 35.5. The molecule has 0 saturated heterocycles. The van der Waals surface area contributed by atoms with Crippen LogP contribution in [-0.2, 0) is 0 Å². The van der Waals surface area contributed by atoms with Crippen LogP contribution in [0.15, 0.2) is 66.7 Å². The number of alkyl halides is 6. The summed E-state index contributed by atoms with van der Waals surface area (Å²) in [5, 5.41) is 0.0233. The van der Waals surface area contributed by atoms with Crippen LogP contribution in [0.3, 0.4) is 0 Å². The molecule has 0 aliphatic rings. The first-order valence-corrected chi connectivity index (χ1v) is 10.4. The number of hydrazine groups is 1. The van der Waals surface area contributed by atoms with Gasteiger partial charge in [0.2, 0.25) is 5.88 Å². The van der Waals surface area contributed by atoms with Crippen LogP contribution in [-0.4, -0.2) is 35.3 Å². The summed E-state index contributed by atoms with van der Waals surface area (Å²) in [5.74, 6) is -2.63. The second kappa shape index (κ2) is 10.4. The smallest absolute Gasteiger partial charge is 0.434 e. The lowest BCUT2D eigenvalue weighted by Crippen LogP contribution is -2.47. The average molecular weight is 532 g/mol. The number of amides is 2. The molecule has 6 nitrogen and oxygen atoms in total. The monoisotopic (exact) mass is 531 g/mol. The minimum absolute atomic E-state index is 0.0934. The van der Waals surface area contributed by atoms with E-state index in [1.807, 2.05) is 0 Å². The number of pyridine rings is 1. The molecule has 3 rings (SSSR count). The Balaban J connectivity index is 2.04. The molecule has 0 saturated carbocycles. The zero-order chi connectivity index (χ0) is 26.7. The first kappa shape index (κ1) is 26.8. The van der Waals surface area contributed by atoms with Crippen molar-refractivity contribution in [3.8, 4) is 5.88 Å². The minimum atomic E-state index is -5.78. The summed E-state index contributed by atoms with van der Waals surface area (Å²) in [7, 11) is 0. The maximum Gasteiger partial charge on any atom is 0.434 e. The van der Waals surface area contributed by atoms with Crippen LogP contribution in [0.2, 0.25) is 5.15 Å². The van der Waals surface area contributed by atoms with Crippen molar-refractivity contribution in [2.45, 2.75) is 25.4 Å². The first-order valence-electron chi connectivity index (χ1n) is 10.0. The molecular formula is C23H16ClF6N3O3. The number of aromatic nitrogens is 1. The Morgan fingerprint density at radius 2 is 1.42 bits per heavy atom. The number of rotatable bonds is 5. The number of ether oxygens (including phenoxy) is 1. The van der Waals surface area contributed by atoms with Crippen molar-refractivity contribution in [1.29, 1.82) is 0 Å². The molecular weight excluding hydrogens is 516 g/mol. The standard InChI is InChI=1S/C23H16ClF6N3O3/c1-13-12-16(36-21(22(25,26)27)23(28,29)30)31-18(24)17(13)33(20(35)15-10-6-3-7-11-15)32-19(34)14-8-4-2-5-9-14/h2-12,21H,1H3,(H,32,34). The zero-order valence-electron chi connectivity index (χ0n) is 18.2. The van der Waals surface area contributed by atoms with Gasteiger partial charge in [-0.2, -0.15) is 31.3 Å². The number of aryl methyl sites for hydroxylation is 1. The van der Waals surface area contributed by atoms with Gasteiger partial charge in [-0.05, 0) is 36.8 Å². The zero-order valence-corrected chi connectivity index (χ0v) is 18.9. The number of carbonyl (C=O) groups is 2. The second-order valence-corrected chi connectivity index (χ2v) is 7.67. The van der Waals surface area contributed by atoms with E-state index in [4.69, 9.17) is 11.6 Å². The number of benzene rings is 2. The third-order valence-corrected chi connectivity index (χ3v) is 4.91. The maximum atomic E-state index is 13.2. The maximum absolute atomic E-state index is 13.2. The van der Waals surface area contributed by atoms with Crippen molar-refractivity contribution in [2.75, 3.05) is 5.01 Å². The Morgan fingerprint density at radius 3 is 1.89 bits per heavy atom. The molecule has 2 amide bonds. The molecule has 0 fully saturated rings. The van der Waals surface area contributed by atoms with E-state index in [1.165, 1.54) is 31.2 Å². The molecule has 1 heterocycles. The van der Waals surface area contributed by atoms with E-state index in [-0.39, 0.29) is 22.4 Å². The summed E-state index contributed by atoms with van der Waals surface area (Å²) in [6.07, 6.45) is -15.7. The van der Waals surface area contributed by atoms with Gasteiger partial charge >= 0.3 is 12.4 Å². The fourth-order valence-corrected chi connectivity index (χ4v) is 3.36. The van der Waals surface area contributed by atoms with Crippen LogP contribution < -0.4 is 15.2 Å². The molecule has 36 heavy (non-hydrogen) atoms. The minimum Gasteiger partial charge on any atom is -0.455 e. The predicted octanol–water partition coefficient (Wildman–Crippen LogP) is 5.91. The third kappa shape index (κ3) is 6.25. The summed E-state index contributed by atoms with van der Waals surface area (Å²) in [4.78, 5) is 29.5. The lowest BCUT2D eigenvalue weighted by atomic mass is 10.1. The van der Waals surface area contributed by atoms with Gasteiger partial charge in [-0.3, -0.25) is 15.0 Å². The van der Waals surface area contributed by atoms with Gasteiger partial charge in [0.05, 0.1) is 0 Å². The van der Waals surface area contributed by atoms with Crippen LogP contribution in [0, 0.1) is 6.92 Å². The van der Waals surface area contributed by atoms with Crippen molar-refractivity contribution >= 4 is 29.1 Å². The number of anilines is 1. The van der Waals surface area contributed by atoms with Gasteiger partial charge in [-0.1, -0.05) is 48.0 Å². The van der Waals surface area contributed by atoms with Crippen molar-refractivity contribution in [1.82, 2.24) is 10.4 Å². The average Bonchev–Trinajstić information content (AvgIpc) is 2.80. The Hall–Kier alpha value is -3.80. The van der Waals surface area contributed by atoms with Gasteiger partial charge in [-0.25, -0.2) is 5.01 Å². The van der Waals surface area contributed by atoms with Crippen molar-refractivity contribution in [2.24, 2.45) is 0 Å². The molecule has 1 aromatic heterocycles. The molecule has 0 radical (unpaired) electrons. The predicted molar refractivity (Wildman–Crippen MR) is 118 cm³/mol. The lowest BCUT2D eigenvalue weighted by molar-refractivity contribution is -0.300. The van der Waals surface area contributed by atoms with E-state index in [0.29, 0.717) is 5.01 Å². The highest BCUT2D eigenvalue weighted by Crippen LogP contribution is 2.38. The number of nitrogens with one attached hydrogen (secondary N) is 1. The van der Waals surface area contributed by atoms with Gasteiger partial charge in [0, 0.05) is 17.2 Å². The quantitative estimate of drug-likeness (QED) is 0.252. The number of hydrogen-bond donors (Lipinski definition) is 1. The van der Waals surface area contributed by atoms with Crippen LogP contribution in [0.25, 0.3) is 0 Å². The summed E-state index contributed by atoms with van der Waals surface area (Å²) < 4.78 is 81.5. The van der Waals surface area contributed by atoms with Gasteiger partial charge in [0.1, 0.15) is 5.69 Å². The van der Waals surface area contributed by atoms with Gasteiger partial charge < -0.3 is 4.74 Å². The van der Waals surface area contributed by atoms with E-state index in [2.05, 4.69) is 15.1 Å². The molecule has 0 unspecified atom stereocenters. The summed E-state index contributed by atoms with van der Waals surface area (Å²) in [5.41, 5.74) is 2.22. The first-order chi connectivity index (χ1) is 16.8. The molecule has 0 bridgehead atoms. The normalized spacial score (nSPS) is 11.8. The highest BCUT2D eigenvalue weighted by Gasteiger charge is 2.59. The van der Waals surface area contributed by atoms with Crippen LogP contribution in [0.5, 0.6) is 5.88 Å². The molecule has 1 N–H and O–H groups in total. The largest absolute Gasteiger partial charge is 0.455 e. The molecule has 2 aromatic carbocycles. The van der Waals surface area contributed by atoms with E-state index < -0.39 is 41.3 Å². The topological polar surface area (TPSA) is 71.5 Å². The molecule has 13 heteroatoms. The number of hydrogen-bond acceptors (Lipinski definition) is 4. The Bertz CT molecular complexity index is 1200. The summed E-state index contributed by atoms with van der Waals surface area (Å²) in [6.45, 7) is 1.24. The van der Waals surface area contributed by atoms with Crippen LogP contribution >= 0.6 is 11.6 Å². The second-order valence-electron chi connectivity index (χ2n) is 7.31. The van der Waals surface area contributed by atoms with Crippen molar-refractivity contribution in [3.05, 3.63) is 88.6 Å². The summed E-state index contributed by atoms with van der Waals surface area (Å²) >= 11 is 6.10. The molecule has 3 aromatic rings. The Labute approximate surface area is 205 Å². The third-order valence-electron chi connectivity index (χ3n) is 4.65. The molecule has 0 atom stereocenters. The van der Waals surface area contributed by atoms with E-state index in [9.17, 15) is 35.9 Å². The van der Waals surface area contributed by atoms with E-state index >= 15 is 0 Å². The van der Waals surface area contributed by atoms with Gasteiger partial charge in [-0.15, -0.1) is 0 Å². The van der Waals surface area contributed by atoms with E-state index in [1.54, 1.807) is 36.4 Å². The van der Waals surface area contributed by atoms with Crippen LogP contribution in [0.1, 0.15) is 26.3 Å². The van der Waals surface area contributed by atoms with Gasteiger partial charge in [0.15, 0.2) is 5.15 Å². The Morgan fingerprint density at radius 1 is 0.917 bits per heavy atom. The Kier molecular flexibility index (Phi) is 7.77. The van der Waals surface area contributed by atoms with E-state index in [0.717, 1.165) is 6.07 Å². The molecule has 0 aliphatic heterocycles. The number of nitrogens with zero attached hydrogens (tertiary/aromatic N) is 2. The number of halogens is 7. The molecule has 0 aliphatic carbocycles. The fraction of sp³-hybridized carbons (Fsp3) is 0.174. The fourth-order valence-electron chi connectivity index (χ4n) is 3.04. The van der Waals surface area contributed by atoms with Crippen LogP contribution in [0.4, 0.5) is 32.0 Å². The number of carbonyl (C=O) groups excluding carboxylic acids is 2. The molecule has 0 spiro atoms. The lowest BCUT2D eigenvalue weighted by Gasteiger charge is -2.27. The SMILES string of the molecule is Cc1cc(OC(C(F)(F)F)C(F)(F)F)nc(Cl)c1N(NC(=O)c1ccccc1)C(=O)c1ccccc1. The van der Waals surface area contributed by atoms with Crippen molar-refractivity contribution < 1.29 is 40.7 Å². The highest BCUT2D eigenvalue weighted by molar-refractivity contribution is 6.33. The molecule has 190 valence electrons. The summed E-state index contributed by atoms with van der Waals surface area (Å²) in [6, 6.07) is 16.0.